The van der Waals surface area contributed by atoms with Crippen LogP contribution in [0.25, 0.3) is 0 Å². The maximum atomic E-state index is 12.7. The molecule has 1 aromatic heterocycles. The number of ether oxygens (including phenoxy) is 1. The van der Waals surface area contributed by atoms with Gasteiger partial charge in [-0.3, -0.25) is 10.2 Å². The molecule has 9 heteroatoms. The summed E-state index contributed by atoms with van der Waals surface area (Å²) in [6.07, 6.45) is -3.90. The minimum Gasteiger partial charge on any atom is -0.378 e. The van der Waals surface area contributed by atoms with Gasteiger partial charge >= 0.3 is 6.18 Å². The molecule has 0 spiro atoms. The number of halogens is 3. The summed E-state index contributed by atoms with van der Waals surface area (Å²) in [4.78, 5) is 16.8. The van der Waals surface area contributed by atoms with Gasteiger partial charge in [-0.2, -0.15) is 13.2 Å². The Hall–Kier alpha value is -1.87. The molecule has 1 amide bonds. The maximum absolute atomic E-state index is 12.7. The van der Waals surface area contributed by atoms with Gasteiger partial charge < -0.3 is 9.64 Å². The van der Waals surface area contributed by atoms with Crippen molar-refractivity contribution in [3.63, 3.8) is 0 Å². The number of nitrogens with zero attached hydrogens (tertiary/aromatic N) is 2. The van der Waals surface area contributed by atoms with Crippen molar-refractivity contribution in [2.75, 3.05) is 31.2 Å². The second kappa shape index (κ2) is 7.95. The fourth-order valence-corrected chi connectivity index (χ4v) is 1.90. The zero-order chi connectivity index (χ0) is 16.8. The second-order valence-electron chi connectivity index (χ2n) is 4.16. The number of nitrogens with one attached hydrogen (secondary N) is 1. The van der Waals surface area contributed by atoms with E-state index in [1.165, 1.54) is 0 Å². The molecule has 3 N–H and O–H groups in total. The van der Waals surface area contributed by atoms with Crippen molar-refractivity contribution in [2.45, 2.75) is 20.0 Å². The average Bonchev–Trinajstić information content (AvgIpc) is 2.55. The average molecular weight is 320 g/mol. The molecule has 1 aliphatic heterocycles. The number of carbonyl (C=O) groups excluding carboxylic acids is 1. The highest BCUT2D eigenvalue weighted by molar-refractivity contribution is 5.97. The molecule has 0 aromatic carbocycles. The molecule has 1 saturated heterocycles. The number of pyridine rings is 1. The fourth-order valence-electron chi connectivity index (χ4n) is 1.90. The zero-order valence-corrected chi connectivity index (χ0v) is 12.4. The molecule has 0 radical (unpaired) electrons. The lowest BCUT2D eigenvalue weighted by Gasteiger charge is -2.30. The van der Waals surface area contributed by atoms with Crippen LogP contribution in [0.15, 0.2) is 12.3 Å². The molecule has 2 heterocycles. The lowest BCUT2D eigenvalue weighted by Crippen LogP contribution is -2.39. The van der Waals surface area contributed by atoms with E-state index < -0.39 is 17.6 Å². The highest BCUT2D eigenvalue weighted by Crippen LogP contribution is 2.32. The van der Waals surface area contributed by atoms with Crippen LogP contribution in [0.1, 0.15) is 29.9 Å². The Kier molecular flexibility index (Phi) is 6.57. The molecular weight excluding hydrogens is 301 g/mol. The number of rotatable bonds is 2. The lowest BCUT2D eigenvalue weighted by atomic mass is 10.1. The molecule has 0 aliphatic carbocycles. The summed E-state index contributed by atoms with van der Waals surface area (Å²) in [5, 5.41) is 0. The zero-order valence-electron chi connectivity index (χ0n) is 12.4. The Bertz CT molecular complexity index is 503. The van der Waals surface area contributed by atoms with Crippen molar-refractivity contribution < 1.29 is 22.7 Å². The van der Waals surface area contributed by atoms with Gasteiger partial charge in [0.25, 0.3) is 5.91 Å². The molecule has 1 aliphatic rings. The SMILES string of the molecule is CC.NNC(=O)c1ncc(C(F)(F)F)cc1N1CCOCC1. The van der Waals surface area contributed by atoms with Crippen LogP contribution in [0.5, 0.6) is 0 Å². The molecule has 0 saturated carbocycles. The molecule has 1 aromatic rings. The molecule has 6 nitrogen and oxygen atoms in total. The largest absolute Gasteiger partial charge is 0.417 e. The number of carbonyl (C=O) groups is 1. The summed E-state index contributed by atoms with van der Waals surface area (Å²) in [5.41, 5.74) is 0.935. The number of hydrogen-bond acceptors (Lipinski definition) is 5. The first-order chi connectivity index (χ1) is 10.4. The highest BCUT2D eigenvalue weighted by Gasteiger charge is 2.33. The second-order valence-corrected chi connectivity index (χ2v) is 4.16. The van der Waals surface area contributed by atoms with Gasteiger partial charge in [0, 0.05) is 19.3 Å². The van der Waals surface area contributed by atoms with Crippen molar-refractivity contribution in [1.29, 1.82) is 0 Å². The first kappa shape index (κ1) is 18.2. The highest BCUT2D eigenvalue weighted by atomic mass is 19.4. The van der Waals surface area contributed by atoms with Gasteiger partial charge in [0.1, 0.15) is 0 Å². The van der Waals surface area contributed by atoms with Crippen molar-refractivity contribution in [2.24, 2.45) is 5.84 Å². The number of hydrazine groups is 1. The Labute approximate surface area is 126 Å². The third-order valence-electron chi connectivity index (χ3n) is 2.89. The third-order valence-corrected chi connectivity index (χ3v) is 2.89. The Morgan fingerprint density at radius 2 is 1.95 bits per heavy atom. The number of anilines is 1. The van der Waals surface area contributed by atoms with Crippen LogP contribution >= 0.6 is 0 Å². The van der Waals surface area contributed by atoms with Gasteiger partial charge in [-0.15, -0.1) is 0 Å². The van der Waals surface area contributed by atoms with E-state index >= 15 is 0 Å². The van der Waals surface area contributed by atoms with E-state index in [0.717, 1.165) is 6.07 Å². The fraction of sp³-hybridized carbons (Fsp3) is 0.538. The molecule has 1 fully saturated rings. The number of alkyl halides is 3. The van der Waals surface area contributed by atoms with Crippen molar-refractivity contribution >= 4 is 11.6 Å². The molecule has 2 rings (SSSR count). The van der Waals surface area contributed by atoms with Gasteiger partial charge in [0.15, 0.2) is 5.69 Å². The summed E-state index contributed by atoms with van der Waals surface area (Å²) in [5.74, 6) is 4.29. The predicted molar refractivity (Wildman–Crippen MR) is 75.3 cm³/mol. The lowest BCUT2D eigenvalue weighted by molar-refractivity contribution is -0.137. The first-order valence-corrected chi connectivity index (χ1v) is 6.84. The van der Waals surface area contributed by atoms with Gasteiger partial charge in [-0.1, -0.05) is 13.8 Å². The minimum absolute atomic E-state index is 0.103. The number of aromatic nitrogens is 1. The molecular formula is C13H19F3N4O2. The molecule has 0 atom stereocenters. The minimum atomic E-state index is -4.52. The Balaban J connectivity index is 0.00000116. The van der Waals surface area contributed by atoms with E-state index in [-0.39, 0.29) is 11.4 Å². The first-order valence-electron chi connectivity index (χ1n) is 6.84. The van der Waals surface area contributed by atoms with Crippen LogP contribution in [-0.2, 0) is 10.9 Å². The quantitative estimate of drug-likeness (QED) is 0.491. The molecule has 22 heavy (non-hydrogen) atoms. The van der Waals surface area contributed by atoms with Crippen LogP contribution < -0.4 is 16.2 Å². The predicted octanol–water partition coefficient (Wildman–Crippen LogP) is 1.57. The number of amides is 1. The Morgan fingerprint density at radius 1 is 1.36 bits per heavy atom. The maximum Gasteiger partial charge on any atom is 0.417 e. The van der Waals surface area contributed by atoms with E-state index in [4.69, 9.17) is 10.6 Å². The van der Waals surface area contributed by atoms with Crippen LogP contribution in [0, 0.1) is 0 Å². The van der Waals surface area contributed by atoms with Gasteiger partial charge in [-0.05, 0) is 6.07 Å². The number of hydrogen-bond donors (Lipinski definition) is 2. The van der Waals surface area contributed by atoms with Crippen LogP contribution in [-0.4, -0.2) is 37.2 Å². The Morgan fingerprint density at radius 3 is 2.45 bits per heavy atom. The van der Waals surface area contributed by atoms with Crippen molar-refractivity contribution in [3.05, 3.63) is 23.5 Å². The van der Waals surface area contributed by atoms with E-state index in [9.17, 15) is 18.0 Å². The molecule has 124 valence electrons. The van der Waals surface area contributed by atoms with Crippen molar-refractivity contribution in [3.8, 4) is 0 Å². The number of morpholine rings is 1. The van der Waals surface area contributed by atoms with E-state index in [1.807, 2.05) is 19.3 Å². The van der Waals surface area contributed by atoms with E-state index in [0.29, 0.717) is 32.5 Å². The van der Waals surface area contributed by atoms with Gasteiger partial charge in [0.2, 0.25) is 0 Å². The normalized spacial score (nSPS) is 14.9. The van der Waals surface area contributed by atoms with E-state index in [2.05, 4.69) is 4.98 Å². The standard InChI is InChI=1S/C11H13F3N4O2.C2H6/c12-11(13,14)7-5-8(18-1-3-20-4-2-18)9(16-6-7)10(19)17-15;1-2/h5-6H,1-4,15H2,(H,17,19);1-2H3. The summed E-state index contributed by atoms with van der Waals surface area (Å²) in [6.45, 7) is 5.52. The van der Waals surface area contributed by atoms with Gasteiger partial charge in [-0.25, -0.2) is 10.8 Å². The van der Waals surface area contributed by atoms with Crippen LogP contribution in [0.2, 0.25) is 0 Å². The summed E-state index contributed by atoms with van der Waals surface area (Å²) < 4.78 is 43.4. The van der Waals surface area contributed by atoms with E-state index in [1.54, 1.807) is 4.90 Å². The summed E-state index contributed by atoms with van der Waals surface area (Å²) in [6, 6.07) is 0.906. The molecule has 0 unspecified atom stereocenters. The van der Waals surface area contributed by atoms with Crippen LogP contribution in [0.3, 0.4) is 0 Å². The monoisotopic (exact) mass is 320 g/mol. The van der Waals surface area contributed by atoms with Crippen LogP contribution in [0.4, 0.5) is 18.9 Å². The number of nitrogens with two attached hydrogens (primary N) is 1. The topological polar surface area (TPSA) is 80.5 Å². The summed E-state index contributed by atoms with van der Waals surface area (Å²) >= 11 is 0. The number of nitrogen functional groups attached to an aromatic ring is 1. The smallest absolute Gasteiger partial charge is 0.378 e. The third kappa shape index (κ3) is 4.31. The van der Waals surface area contributed by atoms with Gasteiger partial charge in [0.05, 0.1) is 24.5 Å². The summed E-state index contributed by atoms with van der Waals surface area (Å²) in [7, 11) is 0. The molecule has 0 bridgehead atoms. The van der Waals surface area contributed by atoms with Crippen molar-refractivity contribution in [1.82, 2.24) is 10.4 Å².